The summed E-state index contributed by atoms with van der Waals surface area (Å²) in [5.74, 6) is 0.221. The minimum atomic E-state index is 0.221. The molecule has 4 nitrogen and oxygen atoms in total. The lowest BCUT2D eigenvalue weighted by molar-refractivity contribution is -0.132. The molecule has 0 atom stereocenters. The zero-order chi connectivity index (χ0) is 18.9. The fourth-order valence-electron chi connectivity index (χ4n) is 3.24. The van der Waals surface area contributed by atoms with Gasteiger partial charge in [-0.05, 0) is 29.7 Å². The van der Waals surface area contributed by atoms with Crippen molar-refractivity contribution < 1.29 is 4.79 Å². The average Bonchev–Trinajstić information content (AvgIpc) is 2.73. The van der Waals surface area contributed by atoms with Crippen LogP contribution < -0.4 is 0 Å². The van der Waals surface area contributed by atoms with Crippen molar-refractivity contribution in [2.45, 2.75) is 12.8 Å². The predicted octanol–water partition coefficient (Wildman–Crippen LogP) is 3.35. The second-order valence-electron chi connectivity index (χ2n) is 6.80. The summed E-state index contributed by atoms with van der Waals surface area (Å²) in [5.41, 5.74) is 2.98. The van der Waals surface area contributed by atoms with Gasteiger partial charge < -0.3 is 4.90 Å². The van der Waals surface area contributed by atoms with Crippen LogP contribution in [-0.4, -0.2) is 48.4 Å². The van der Waals surface area contributed by atoms with E-state index in [1.165, 1.54) is 5.56 Å². The lowest BCUT2D eigenvalue weighted by atomic mass is 10.1. The lowest BCUT2D eigenvalue weighted by Gasteiger charge is -2.34. The number of carbonyl (C=O) groups excluding carboxylic acids is 1. The van der Waals surface area contributed by atoms with Crippen LogP contribution in [0.25, 0.3) is 6.08 Å². The molecule has 0 saturated carbocycles. The summed E-state index contributed by atoms with van der Waals surface area (Å²) in [6.07, 6.45) is 5.59. The van der Waals surface area contributed by atoms with Crippen molar-refractivity contribution in [3.05, 3.63) is 77.4 Å². The molecule has 1 amide bonds. The van der Waals surface area contributed by atoms with Crippen molar-refractivity contribution in [1.29, 1.82) is 5.26 Å². The van der Waals surface area contributed by atoms with Crippen molar-refractivity contribution in [3.8, 4) is 6.07 Å². The predicted molar refractivity (Wildman–Crippen MR) is 108 cm³/mol. The van der Waals surface area contributed by atoms with Gasteiger partial charge in [0, 0.05) is 39.1 Å². The van der Waals surface area contributed by atoms with E-state index in [0.717, 1.165) is 44.7 Å². The molecule has 3 rings (SSSR count). The van der Waals surface area contributed by atoms with Crippen molar-refractivity contribution in [1.82, 2.24) is 9.80 Å². The van der Waals surface area contributed by atoms with E-state index in [9.17, 15) is 4.79 Å². The summed E-state index contributed by atoms with van der Waals surface area (Å²) in [7, 11) is 0. The van der Waals surface area contributed by atoms with E-state index < -0.39 is 0 Å². The fraction of sp³-hybridized carbons (Fsp3) is 0.304. The summed E-state index contributed by atoms with van der Waals surface area (Å²) < 4.78 is 0. The van der Waals surface area contributed by atoms with Crippen LogP contribution in [0.5, 0.6) is 0 Å². The zero-order valence-electron chi connectivity index (χ0n) is 15.6. The van der Waals surface area contributed by atoms with E-state index in [0.29, 0.717) is 12.0 Å². The Hall–Kier alpha value is -2.90. The molecule has 1 aliphatic rings. The Labute approximate surface area is 161 Å². The number of benzene rings is 2. The van der Waals surface area contributed by atoms with E-state index in [1.54, 1.807) is 0 Å². The topological polar surface area (TPSA) is 47.3 Å². The van der Waals surface area contributed by atoms with Crippen molar-refractivity contribution in [3.63, 3.8) is 0 Å². The first kappa shape index (κ1) is 18.9. The molecule has 0 radical (unpaired) electrons. The molecular weight excluding hydrogens is 334 g/mol. The largest absolute Gasteiger partial charge is 0.340 e. The smallest absolute Gasteiger partial charge is 0.222 e. The van der Waals surface area contributed by atoms with Crippen LogP contribution in [0.2, 0.25) is 0 Å². The third-order valence-electron chi connectivity index (χ3n) is 4.91. The quantitative estimate of drug-likeness (QED) is 0.795. The number of hydrogen-bond donors (Lipinski definition) is 0. The minimum Gasteiger partial charge on any atom is -0.340 e. The Bertz CT molecular complexity index is 798. The van der Waals surface area contributed by atoms with Crippen molar-refractivity contribution >= 4 is 12.0 Å². The highest BCUT2D eigenvalue weighted by molar-refractivity contribution is 5.76. The molecule has 0 bridgehead atoms. The Kier molecular flexibility index (Phi) is 6.78. The van der Waals surface area contributed by atoms with Crippen LogP contribution in [0.1, 0.15) is 23.1 Å². The molecule has 0 N–H and O–H groups in total. The summed E-state index contributed by atoms with van der Waals surface area (Å²) in [6.45, 7) is 4.35. The SMILES string of the molecule is N#Cc1ccc(CCC(=O)N2CCN(C/C=C/c3ccccc3)CC2)cc1. The number of nitriles is 1. The van der Waals surface area contributed by atoms with Gasteiger partial charge in [0.05, 0.1) is 11.6 Å². The number of amides is 1. The number of hydrogen-bond acceptors (Lipinski definition) is 3. The fourth-order valence-corrected chi connectivity index (χ4v) is 3.24. The van der Waals surface area contributed by atoms with Crippen LogP contribution in [-0.2, 0) is 11.2 Å². The van der Waals surface area contributed by atoms with E-state index >= 15 is 0 Å². The standard InChI is InChI=1S/C23H25N3O/c24-19-22-10-8-21(9-11-22)12-13-23(27)26-17-15-25(16-18-26)14-4-7-20-5-2-1-3-6-20/h1-11H,12-18H2/b7-4+. The summed E-state index contributed by atoms with van der Waals surface area (Å²) in [4.78, 5) is 16.8. The molecule has 1 saturated heterocycles. The van der Waals surface area contributed by atoms with Gasteiger partial charge in [-0.1, -0.05) is 54.6 Å². The summed E-state index contributed by atoms with van der Waals surface area (Å²) >= 11 is 0. The maximum atomic E-state index is 12.4. The van der Waals surface area contributed by atoms with Crippen LogP contribution in [0.3, 0.4) is 0 Å². The third kappa shape index (κ3) is 5.80. The first-order valence-corrected chi connectivity index (χ1v) is 9.45. The van der Waals surface area contributed by atoms with Gasteiger partial charge in [0.15, 0.2) is 0 Å². The molecule has 1 aliphatic heterocycles. The Morgan fingerprint density at radius 2 is 1.70 bits per heavy atom. The molecule has 1 heterocycles. The molecule has 4 heteroatoms. The van der Waals surface area contributed by atoms with E-state index in [4.69, 9.17) is 5.26 Å². The number of aryl methyl sites for hydroxylation is 1. The highest BCUT2D eigenvalue weighted by atomic mass is 16.2. The molecule has 0 spiro atoms. The molecule has 0 aromatic heterocycles. The van der Waals surface area contributed by atoms with Gasteiger partial charge in [-0.25, -0.2) is 0 Å². The molecule has 2 aromatic carbocycles. The molecule has 0 unspecified atom stereocenters. The Morgan fingerprint density at radius 3 is 2.37 bits per heavy atom. The second-order valence-corrected chi connectivity index (χ2v) is 6.80. The van der Waals surface area contributed by atoms with Crippen LogP contribution in [0.15, 0.2) is 60.7 Å². The molecule has 0 aliphatic carbocycles. The van der Waals surface area contributed by atoms with Crippen molar-refractivity contribution in [2.75, 3.05) is 32.7 Å². The number of nitrogens with zero attached hydrogens (tertiary/aromatic N) is 3. The Balaban J connectivity index is 1.38. The normalized spacial score (nSPS) is 15.0. The molecule has 138 valence electrons. The van der Waals surface area contributed by atoms with Crippen molar-refractivity contribution in [2.24, 2.45) is 0 Å². The molecule has 1 fully saturated rings. The number of piperazine rings is 1. The minimum absolute atomic E-state index is 0.221. The van der Waals surface area contributed by atoms with Gasteiger partial charge in [-0.15, -0.1) is 0 Å². The summed E-state index contributed by atoms with van der Waals surface area (Å²) in [5, 5.41) is 8.83. The van der Waals surface area contributed by atoms with Gasteiger partial charge in [0.25, 0.3) is 0 Å². The van der Waals surface area contributed by atoms with E-state index in [2.05, 4.69) is 35.3 Å². The second kappa shape index (κ2) is 9.70. The van der Waals surface area contributed by atoms with Gasteiger partial charge in [0.2, 0.25) is 5.91 Å². The highest BCUT2D eigenvalue weighted by Gasteiger charge is 2.20. The monoisotopic (exact) mass is 359 g/mol. The molecule has 27 heavy (non-hydrogen) atoms. The van der Waals surface area contributed by atoms with Gasteiger partial charge in [-0.2, -0.15) is 5.26 Å². The third-order valence-corrected chi connectivity index (χ3v) is 4.91. The zero-order valence-corrected chi connectivity index (χ0v) is 15.6. The molecule has 2 aromatic rings. The van der Waals surface area contributed by atoms with Gasteiger partial charge in [0.1, 0.15) is 0 Å². The maximum absolute atomic E-state index is 12.4. The van der Waals surface area contributed by atoms with Crippen LogP contribution >= 0.6 is 0 Å². The highest BCUT2D eigenvalue weighted by Crippen LogP contribution is 2.10. The summed E-state index contributed by atoms with van der Waals surface area (Å²) in [6, 6.07) is 19.9. The Morgan fingerprint density at radius 1 is 1.00 bits per heavy atom. The van der Waals surface area contributed by atoms with E-state index in [-0.39, 0.29) is 5.91 Å². The molecular formula is C23H25N3O. The average molecular weight is 359 g/mol. The number of carbonyl (C=O) groups is 1. The number of rotatable bonds is 6. The van der Waals surface area contributed by atoms with Gasteiger partial charge >= 0.3 is 0 Å². The lowest BCUT2D eigenvalue weighted by Crippen LogP contribution is -2.48. The van der Waals surface area contributed by atoms with Crippen LogP contribution in [0, 0.1) is 11.3 Å². The van der Waals surface area contributed by atoms with Crippen LogP contribution in [0.4, 0.5) is 0 Å². The first-order chi connectivity index (χ1) is 13.2. The van der Waals surface area contributed by atoms with E-state index in [1.807, 2.05) is 47.4 Å². The first-order valence-electron chi connectivity index (χ1n) is 9.45. The maximum Gasteiger partial charge on any atom is 0.222 e. The van der Waals surface area contributed by atoms with Gasteiger partial charge in [-0.3, -0.25) is 9.69 Å².